The van der Waals surface area contributed by atoms with Crippen molar-refractivity contribution >= 4 is 11.5 Å². The lowest BCUT2D eigenvalue weighted by Crippen LogP contribution is -2.13. The first kappa shape index (κ1) is 13.4. The molecule has 2 aromatic heterocycles. The number of aromatic nitrogens is 4. The smallest absolute Gasteiger partial charge is 0.178 e. The molecule has 0 amide bonds. The van der Waals surface area contributed by atoms with Crippen LogP contribution in [-0.4, -0.2) is 33.0 Å². The summed E-state index contributed by atoms with van der Waals surface area (Å²) in [7, 11) is 0. The lowest BCUT2D eigenvalue weighted by atomic mass is 10.2. The van der Waals surface area contributed by atoms with E-state index in [2.05, 4.69) is 20.6 Å². The fraction of sp³-hybridized carbons (Fsp3) is 0.267. The fourth-order valence-corrected chi connectivity index (χ4v) is 2.05. The van der Waals surface area contributed by atoms with Gasteiger partial charge >= 0.3 is 0 Å². The Bertz CT molecular complexity index is 753. The van der Waals surface area contributed by atoms with Gasteiger partial charge in [0.25, 0.3) is 0 Å². The number of ether oxygens (including phenoxy) is 1. The predicted molar refractivity (Wildman–Crippen MR) is 80.7 cm³/mol. The molecule has 0 aliphatic carbocycles. The molecule has 3 aromatic rings. The lowest BCUT2D eigenvalue weighted by Gasteiger charge is -2.10. The third kappa shape index (κ3) is 2.94. The second kappa shape index (κ2) is 5.78. The highest BCUT2D eigenvalue weighted by atomic mass is 16.5. The standard InChI is InChI=1S/C15H17N5O/c1-11-5-3-4-6-13(11)21-10-9-16-14-7-8-15-18-17-12(2)20(15)19-14/h3-8H,9-10H2,1-2H3,(H,16,19). The quantitative estimate of drug-likeness (QED) is 0.727. The van der Waals surface area contributed by atoms with Gasteiger partial charge in [-0.25, -0.2) is 0 Å². The van der Waals surface area contributed by atoms with Gasteiger partial charge in [-0.05, 0) is 37.6 Å². The molecule has 0 spiro atoms. The van der Waals surface area contributed by atoms with Crippen LogP contribution >= 0.6 is 0 Å². The van der Waals surface area contributed by atoms with Crippen molar-refractivity contribution in [2.45, 2.75) is 13.8 Å². The minimum absolute atomic E-state index is 0.575. The van der Waals surface area contributed by atoms with E-state index in [4.69, 9.17) is 4.74 Å². The molecular formula is C15H17N5O. The molecule has 21 heavy (non-hydrogen) atoms. The van der Waals surface area contributed by atoms with E-state index in [0.717, 1.165) is 28.6 Å². The third-order valence-corrected chi connectivity index (χ3v) is 3.18. The van der Waals surface area contributed by atoms with Gasteiger partial charge in [-0.3, -0.25) is 0 Å². The summed E-state index contributed by atoms with van der Waals surface area (Å²) in [6.45, 7) is 5.16. The van der Waals surface area contributed by atoms with Gasteiger partial charge in [-0.15, -0.1) is 15.3 Å². The first-order valence-electron chi connectivity index (χ1n) is 6.85. The average Bonchev–Trinajstić information content (AvgIpc) is 2.86. The second-order valence-electron chi connectivity index (χ2n) is 4.78. The van der Waals surface area contributed by atoms with Gasteiger partial charge < -0.3 is 10.1 Å². The number of benzene rings is 1. The van der Waals surface area contributed by atoms with Crippen molar-refractivity contribution < 1.29 is 4.74 Å². The number of aryl methyl sites for hydroxylation is 2. The average molecular weight is 283 g/mol. The molecule has 3 rings (SSSR count). The zero-order valence-electron chi connectivity index (χ0n) is 12.1. The van der Waals surface area contributed by atoms with Crippen LogP contribution in [0.25, 0.3) is 5.65 Å². The molecule has 2 heterocycles. The first-order valence-corrected chi connectivity index (χ1v) is 6.85. The van der Waals surface area contributed by atoms with Crippen molar-refractivity contribution in [3.63, 3.8) is 0 Å². The number of anilines is 1. The van der Waals surface area contributed by atoms with Gasteiger partial charge in [0, 0.05) is 0 Å². The summed E-state index contributed by atoms with van der Waals surface area (Å²) in [5, 5.41) is 15.6. The molecule has 0 fully saturated rings. The van der Waals surface area contributed by atoms with Crippen molar-refractivity contribution in [1.29, 1.82) is 0 Å². The van der Waals surface area contributed by atoms with Crippen LogP contribution in [0.2, 0.25) is 0 Å². The molecule has 6 nitrogen and oxygen atoms in total. The van der Waals surface area contributed by atoms with Crippen LogP contribution in [0, 0.1) is 13.8 Å². The number of rotatable bonds is 5. The van der Waals surface area contributed by atoms with Gasteiger partial charge in [0.15, 0.2) is 11.5 Å². The topological polar surface area (TPSA) is 64.3 Å². The monoisotopic (exact) mass is 283 g/mol. The molecule has 0 atom stereocenters. The Balaban J connectivity index is 1.57. The Morgan fingerprint density at radius 1 is 1.10 bits per heavy atom. The normalized spacial score (nSPS) is 10.8. The van der Waals surface area contributed by atoms with Crippen molar-refractivity contribution in [2.75, 3.05) is 18.5 Å². The van der Waals surface area contributed by atoms with Gasteiger partial charge in [-0.1, -0.05) is 18.2 Å². The molecule has 0 radical (unpaired) electrons. The molecule has 108 valence electrons. The number of hydrogen-bond acceptors (Lipinski definition) is 5. The van der Waals surface area contributed by atoms with E-state index in [1.54, 1.807) is 4.52 Å². The second-order valence-corrected chi connectivity index (χ2v) is 4.78. The summed E-state index contributed by atoms with van der Waals surface area (Å²) >= 11 is 0. The maximum Gasteiger partial charge on any atom is 0.178 e. The predicted octanol–water partition coefficient (Wildman–Crippen LogP) is 2.23. The minimum atomic E-state index is 0.575. The van der Waals surface area contributed by atoms with Crippen LogP contribution in [0.4, 0.5) is 5.82 Å². The number of fused-ring (bicyclic) bond motifs is 1. The highest BCUT2D eigenvalue weighted by Gasteiger charge is 2.03. The van der Waals surface area contributed by atoms with Crippen molar-refractivity contribution in [2.24, 2.45) is 0 Å². The summed E-state index contributed by atoms with van der Waals surface area (Å²) < 4.78 is 7.45. The highest BCUT2D eigenvalue weighted by molar-refractivity contribution is 5.43. The van der Waals surface area contributed by atoms with Gasteiger partial charge in [0.2, 0.25) is 0 Å². The van der Waals surface area contributed by atoms with E-state index < -0.39 is 0 Å². The van der Waals surface area contributed by atoms with Crippen LogP contribution in [0.1, 0.15) is 11.4 Å². The molecule has 0 saturated carbocycles. The first-order chi connectivity index (χ1) is 10.2. The van der Waals surface area contributed by atoms with Crippen LogP contribution in [-0.2, 0) is 0 Å². The maximum absolute atomic E-state index is 5.73. The molecule has 6 heteroatoms. The summed E-state index contributed by atoms with van der Waals surface area (Å²) in [5.41, 5.74) is 1.88. The molecule has 0 aliphatic rings. The number of para-hydroxylation sites is 1. The Kier molecular flexibility index (Phi) is 3.68. The van der Waals surface area contributed by atoms with Crippen LogP contribution < -0.4 is 10.1 Å². The summed E-state index contributed by atoms with van der Waals surface area (Å²) in [4.78, 5) is 0. The highest BCUT2D eigenvalue weighted by Crippen LogP contribution is 2.15. The molecular weight excluding hydrogens is 266 g/mol. The van der Waals surface area contributed by atoms with E-state index in [1.807, 2.05) is 50.2 Å². The van der Waals surface area contributed by atoms with E-state index in [1.165, 1.54) is 0 Å². The Hall–Kier alpha value is -2.63. The molecule has 1 N–H and O–H groups in total. The van der Waals surface area contributed by atoms with E-state index >= 15 is 0 Å². The summed E-state index contributed by atoms with van der Waals surface area (Å²) in [6.07, 6.45) is 0. The number of nitrogens with zero attached hydrogens (tertiary/aromatic N) is 4. The SMILES string of the molecule is Cc1ccccc1OCCNc1ccc2nnc(C)n2n1. The number of nitrogens with one attached hydrogen (secondary N) is 1. The zero-order chi connectivity index (χ0) is 14.7. The van der Waals surface area contributed by atoms with E-state index in [9.17, 15) is 0 Å². The van der Waals surface area contributed by atoms with Crippen LogP contribution in [0.3, 0.4) is 0 Å². The van der Waals surface area contributed by atoms with Gasteiger partial charge in [0.1, 0.15) is 18.2 Å². The molecule has 0 bridgehead atoms. The Morgan fingerprint density at radius 2 is 1.95 bits per heavy atom. The largest absolute Gasteiger partial charge is 0.491 e. The molecule has 0 saturated heterocycles. The third-order valence-electron chi connectivity index (χ3n) is 3.18. The lowest BCUT2D eigenvalue weighted by molar-refractivity contribution is 0.330. The van der Waals surface area contributed by atoms with Crippen LogP contribution in [0.15, 0.2) is 36.4 Å². The van der Waals surface area contributed by atoms with Crippen molar-refractivity contribution in [3.05, 3.63) is 47.8 Å². The van der Waals surface area contributed by atoms with Gasteiger partial charge in [0.05, 0.1) is 6.54 Å². The fourth-order valence-electron chi connectivity index (χ4n) is 2.05. The summed E-state index contributed by atoms with van der Waals surface area (Å²) in [5.74, 6) is 2.46. The molecule has 0 unspecified atom stereocenters. The minimum Gasteiger partial charge on any atom is -0.491 e. The Labute approximate surface area is 122 Å². The van der Waals surface area contributed by atoms with Crippen molar-refractivity contribution in [1.82, 2.24) is 19.8 Å². The van der Waals surface area contributed by atoms with Crippen LogP contribution in [0.5, 0.6) is 5.75 Å². The van der Waals surface area contributed by atoms with E-state index in [-0.39, 0.29) is 0 Å². The Morgan fingerprint density at radius 3 is 2.81 bits per heavy atom. The zero-order valence-corrected chi connectivity index (χ0v) is 12.1. The maximum atomic E-state index is 5.73. The molecule has 1 aromatic carbocycles. The number of hydrogen-bond donors (Lipinski definition) is 1. The molecule has 0 aliphatic heterocycles. The van der Waals surface area contributed by atoms with Gasteiger partial charge in [-0.2, -0.15) is 4.52 Å². The van der Waals surface area contributed by atoms with E-state index in [0.29, 0.717) is 13.2 Å². The summed E-state index contributed by atoms with van der Waals surface area (Å²) in [6, 6.07) is 11.8. The van der Waals surface area contributed by atoms with Crippen molar-refractivity contribution in [3.8, 4) is 5.75 Å².